The Hall–Kier alpha value is -1.62. The Bertz CT molecular complexity index is 473. The van der Waals surface area contributed by atoms with Gasteiger partial charge >= 0.3 is 6.03 Å². The fraction of sp³-hybridized carbons (Fsp3) is 0.684. The van der Waals surface area contributed by atoms with E-state index in [-0.39, 0.29) is 6.03 Å². The van der Waals surface area contributed by atoms with E-state index in [1.807, 2.05) is 18.2 Å². The normalized spacial score (nSPS) is 20.6. The number of aromatic nitrogens is 1. The molecule has 1 aromatic rings. The van der Waals surface area contributed by atoms with Crippen LogP contribution in [0.1, 0.15) is 44.7 Å². The Balaban J connectivity index is 1.81. The third-order valence-electron chi connectivity index (χ3n) is 5.02. The Morgan fingerprint density at radius 3 is 2.67 bits per heavy atom. The molecule has 1 saturated carbocycles. The number of nitrogens with zero attached hydrogens (tertiary/aromatic N) is 2. The molecule has 1 N–H and O–H groups in total. The lowest BCUT2D eigenvalue weighted by Gasteiger charge is -2.29. The Kier molecular flexibility index (Phi) is 8.02. The highest BCUT2D eigenvalue weighted by atomic mass is 16.5. The largest absolute Gasteiger partial charge is 0.383 e. The highest BCUT2D eigenvalue weighted by Gasteiger charge is 2.21. The SMILES string of the molecule is CCC1CCC(CNC(=O)N(CCOC)Cc2ccccn2)CC1. The topological polar surface area (TPSA) is 54.5 Å². The lowest BCUT2D eigenvalue weighted by atomic mass is 9.81. The van der Waals surface area contributed by atoms with E-state index in [1.165, 1.54) is 32.1 Å². The number of nitrogens with one attached hydrogen (secondary N) is 1. The van der Waals surface area contributed by atoms with E-state index in [1.54, 1.807) is 18.2 Å². The minimum absolute atomic E-state index is 0.0182. The van der Waals surface area contributed by atoms with E-state index >= 15 is 0 Å². The van der Waals surface area contributed by atoms with Gasteiger partial charge in [0.15, 0.2) is 0 Å². The summed E-state index contributed by atoms with van der Waals surface area (Å²) in [5.74, 6) is 1.51. The van der Waals surface area contributed by atoms with Gasteiger partial charge in [-0.3, -0.25) is 4.98 Å². The van der Waals surface area contributed by atoms with Crippen LogP contribution >= 0.6 is 0 Å². The van der Waals surface area contributed by atoms with Crippen LogP contribution < -0.4 is 5.32 Å². The van der Waals surface area contributed by atoms with Crippen molar-refractivity contribution < 1.29 is 9.53 Å². The second kappa shape index (κ2) is 10.3. The molecular weight excluding hydrogens is 302 g/mol. The number of amides is 2. The molecule has 2 amide bonds. The predicted octanol–water partition coefficient (Wildman–Crippen LogP) is 3.46. The van der Waals surface area contributed by atoms with Crippen LogP contribution in [-0.2, 0) is 11.3 Å². The fourth-order valence-electron chi connectivity index (χ4n) is 3.33. The van der Waals surface area contributed by atoms with Gasteiger partial charge < -0.3 is 15.0 Å². The Morgan fingerprint density at radius 1 is 1.29 bits per heavy atom. The molecule has 0 aliphatic heterocycles. The van der Waals surface area contributed by atoms with Crippen LogP contribution in [0.25, 0.3) is 0 Å². The highest BCUT2D eigenvalue weighted by Crippen LogP contribution is 2.30. The Labute approximate surface area is 145 Å². The first-order chi connectivity index (χ1) is 11.7. The standard InChI is InChI=1S/C19H31N3O2/c1-3-16-7-9-17(10-8-16)14-21-19(23)22(12-13-24-2)15-18-6-4-5-11-20-18/h4-6,11,16-17H,3,7-10,12-15H2,1-2H3,(H,21,23). The summed E-state index contributed by atoms with van der Waals surface area (Å²) in [5, 5.41) is 3.12. The van der Waals surface area contributed by atoms with Crippen molar-refractivity contribution in [3.63, 3.8) is 0 Å². The van der Waals surface area contributed by atoms with E-state index in [0.717, 1.165) is 18.2 Å². The van der Waals surface area contributed by atoms with Crippen LogP contribution in [0.4, 0.5) is 4.79 Å². The lowest BCUT2D eigenvalue weighted by Crippen LogP contribution is -2.43. The van der Waals surface area contributed by atoms with Crippen LogP contribution in [0.15, 0.2) is 24.4 Å². The van der Waals surface area contributed by atoms with E-state index in [0.29, 0.717) is 25.6 Å². The molecule has 2 rings (SSSR count). The molecule has 5 nitrogen and oxygen atoms in total. The third-order valence-corrected chi connectivity index (χ3v) is 5.02. The van der Waals surface area contributed by atoms with Crippen LogP contribution in [0.5, 0.6) is 0 Å². The average Bonchev–Trinajstić information content (AvgIpc) is 2.64. The number of pyridine rings is 1. The first-order valence-electron chi connectivity index (χ1n) is 9.14. The molecule has 1 aromatic heterocycles. The smallest absolute Gasteiger partial charge is 0.317 e. The third kappa shape index (κ3) is 6.11. The van der Waals surface area contributed by atoms with Crippen LogP contribution in [0, 0.1) is 11.8 Å². The summed E-state index contributed by atoms with van der Waals surface area (Å²) in [4.78, 5) is 18.6. The molecule has 134 valence electrons. The molecular formula is C19H31N3O2. The van der Waals surface area contributed by atoms with Gasteiger partial charge in [-0.2, -0.15) is 0 Å². The average molecular weight is 333 g/mol. The number of carbonyl (C=O) groups excluding carboxylic acids is 1. The molecule has 5 heteroatoms. The summed E-state index contributed by atoms with van der Waals surface area (Å²) in [6.07, 6.45) is 8.12. The number of ether oxygens (including phenoxy) is 1. The predicted molar refractivity (Wildman–Crippen MR) is 95.7 cm³/mol. The van der Waals surface area contributed by atoms with Gasteiger partial charge in [-0.25, -0.2) is 4.79 Å². The Morgan fingerprint density at radius 2 is 2.04 bits per heavy atom. The van der Waals surface area contributed by atoms with Gasteiger partial charge in [-0.05, 0) is 36.8 Å². The lowest BCUT2D eigenvalue weighted by molar-refractivity contribution is 0.144. The number of rotatable bonds is 8. The first kappa shape index (κ1) is 18.7. The van der Waals surface area contributed by atoms with Gasteiger partial charge in [0.2, 0.25) is 0 Å². The van der Waals surface area contributed by atoms with E-state index in [9.17, 15) is 4.79 Å². The van der Waals surface area contributed by atoms with Crippen molar-refractivity contribution in [3.05, 3.63) is 30.1 Å². The fourth-order valence-corrected chi connectivity index (χ4v) is 3.33. The number of urea groups is 1. The highest BCUT2D eigenvalue weighted by molar-refractivity contribution is 5.74. The van der Waals surface area contributed by atoms with Crippen molar-refractivity contribution >= 4 is 6.03 Å². The van der Waals surface area contributed by atoms with Crippen molar-refractivity contribution in [2.24, 2.45) is 11.8 Å². The summed E-state index contributed by atoms with van der Waals surface area (Å²) in [6, 6.07) is 5.76. The second-order valence-electron chi connectivity index (χ2n) is 6.72. The molecule has 0 radical (unpaired) electrons. The number of hydrogen-bond donors (Lipinski definition) is 1. The molecule has 0 aromatic carbocycles. The van der Waals surface area contributed by atoms with Crippen molar-refractivity contribution in [2.45, 2.75) is 45.6 Å². The quantitative estimate of drug-likeness (QED) is 0.793. The maximum atomic E-state index is 12.5. The molecule has 24 heavy (non-hydrogen) atoms. The van der Waals surface area contributed by atoms with E-state index < -0.39 is 0 Å². The van der Waals surface area contributed by atoms with Crippen LogP contribution in [0.2, 0.25) is 0 Å². The molecule has 0 unspecified atom stereocenters. The first-order valence-corrected chi connectivity index (χ1v) is 9.14. The molecule has 1 aliphatic carbocycles. The van der Waals surface area contributed by atoms with Crippen molar-refractivity contribution in [1.82, 2.24) is 15.2 Å². The molecule has 1 heterocycles. The van der Waals surface area contributed by atoms with Gasteiger partial charge in [0.25, 0.3) is 0 Å². The van der Waals surface area contributed by atoms with Gasteiger partial charge in [0.05, 0.1) is 18.8 Å². The molecule has 1 aliphatic rings. The zero-order valence-electron chi connectivity index (χ0n) is 15.0. The number of carbonyl (C=O) groups is 1. The maximum absolute atomic E-state index is 12.5. The molecule has 0 spiro atoms. The molecule has 0 saturated heterocycles. The van der Waals surface area contributed by atoms with Crippen molar-refractivity contribution in [2.75, 3.05) is 26.8 Å². The van der Waals surface area contributed by atoms with E-state index in [2.05, 4.69) is 17.2 Å². The van der Waals surface area contributed by atoms with Gasteiger partial charge in [-0.1, -0.05) is 32.3 Å². The van der Waals surface area contributed by atoms with Crippen molar-refractivity contribution in [3.8, 4) is 0 Å². The minimum atomic E-state index is -0.0182. The molecule has 0 atom stereocenters. The second-order valence-corrected chi connectivity index (χ2v) is 6.72. The summed E-state index contributed by atoms with van der Waals surface area (Å²) >= 11 is 0. The number of methoxy groups -OCH3 is 1. The zero-order valence-corrected chi connectivity index (χ0v) is 15.0. The summed E-state index contributed by atoms with van der Waals surface area (Å²) in [6.45, 7) is 4.67. The molecule has 0 bridgehead atoms. The van der Waals surface area contributed by atoms with Gasteiger partial charge in [0.1, 0.15) is 0 Å². The summed E-state index contributed by atoms with van der Waals surface area (Å²) in [7, 11) is 1.66. The number of hydrogen-bond acceptors (Lipinski definition) is 3. The zero-order chi connectivity index (χ0) is 17.2. The van der Waals surface area contributed by atoms with Crippen molar-refractivity contribution in [1.29, 1.82) is 0 Å². The minimum Gasteiger partial charge on any atom is -0.383 e. The van der Waals surface area contributed by atoms with Crippen LogP contribution in [-0.4, -0.2) is 42.7 Å². The maximum Gasteiger partial charge on any atom is 0.317 e. The summed E-state index contributed by atoms with van der Waals surface area (Å²) in [5.41, 5.74) is 0.896. The van der Waals surface area contributed by atoms with Crippen LogP contribution in [0.3, 0.4) is 0 Å². The molecule has 1 fully saturated rings. The monoisotopic (exact) mass is 333 g/mol. The van der Waals surface area contributed by atoms with E-state index in [4.69, 9.17) is 4.74 Å². The summed E-state index contributed by atoms with van der Waals surface area (Å²) < 4.78 is 5.14. The van der Waals surface area contributed by atoms with Gasteiger partial charge in [0, 0.05) is 26.4 Å². The van der Waals surface area contributed by atoms with Gasteiger partial charge in [-0.15, -0.1) is 0 Å².